The van der Waals surface area contributed by atoms with E-state index in [1.165, 1.54) is 0 Å². The molecule has 0 spiro atoms. The van der Waals surface area contributed by atoms with Crippen LogP contribution in [0.3, 0.4) is 0 Å². The van der Waals surface area contributed by atoms with E-state index in [-0.39, 0.29) is 0 Å². The Balaban J connectivity index is 2.61. The Labute approximate surface area is 116 Å². The second kappa shape index (κ2) is 8.82. The fraction of sp³-hybridized carbons (Fsp3) is 0.667. The van der Waals surface area contributed by atoms with E-state index in [0.29, 0.717) is 18.2 Å². The zero-order valence-corrected chi connectivity index (χ0v) is 12.5. The summed E-state index contributed by atoms with van der Waals surface area (Å²) in [5.41, 5.74) is 0. The van der Waals surface area contributed by atoms with E-state index < -0.39 is 10.8 Å². The fourth-order valence-corrected chi connectivity index (χ4v) is 2.10. The van der Waals surface area contributed by atoms with E-state index in [1.54, 1.807) is 13.4 Å². The van der Waals surface area contributed by atoms with Gasteiger partial charge in [-0.2, -0.15) is 0 Å². The minimum Gasteiger partial charge on any atom is -0.377 e. The third-order valence-electron chi connectivity index (χ3n) is 2.32. The molecule has 0 aliphatic carbocycles. The molecule has 19 heavy (non-hydrogen) atoms. The number of anilines is 2. The summed E-state index contributed by atoms with van der Waals surface area (Å²) >= 11 is 0. The first-order chi connectivity index (χ1) is 9.15. The lowest BCUT2D eigenvalue weighted by molar-refractivity contribution is 0.178. The summed E-state index contributed by atoms with van der Waals surface area (Å²) in [4.78, 5) is 8.69. The number of aromatic nitrogens is 2. The molecule has 0 bridgehead atoms. The molecule has 1 aromatic heterocycles. The Morgan fingerprint density at radius 1 is 1.32 bits per heavy atom. The largest absolute Gasteiger partial charge is 0.377 e. The van der Waals surface area contributed by atoms with Crippen molar-refractivity contribution in [3.63, 3.8) is 0 Å². The van der Waals surface area contributed by atoms with Crippen molar-refractivity contribution < 1.29 is 8.95 Å². The quantitative estimate of drug-likeness (QED) is 0.665. The van der Waals surface area contributed by atoms with E-state index >= 15 is 0 Å². The van der Waals surface area contributed by atoms with Crippen molar-refractivity contribution in [2.45, 2.75) is 20.0 Å². The van der Waals surface area contributed by atoms with Gasteiger partial charge in [-0.05, 0) is 13.3 Å². The van der Waals surface area contributed by atoms with Crippen LogP contribution < -0.4 is 10.6 Å². The van der Waals surface area contributed by atoms with Crippen LogP contribution >= 0.6 is 0 Å². The number of hydrogen-bond acceptors (Lipinski definition) is 6. The highest BCUT2D eigenvalue weighted by Crippen LogP contribution is 2.11. The summed E-state index contributed by atoms with van der Waals surface area (Å²) in [5.74, 6) is 2.89. The number of nitrogens with zero attached hydrogens (tertiary/aromatic N) is 2. The summed E-state index contributed by atoms with van der Waals surface area (Å²) in [6.07, 6.45) is 2.56. The molecule has 7 heteroatoms. The fourth-order valence-electron chi connectivity index (χ4n) is 1.54. The molecular weight excluding hydrogens is 264 g/mol. The summed E-state index contributed by atoms with van der Waals surface area (Å²) in [7, 11) is 0.875. The van der Waals surface area contributed by atoms with Gasteiger partial charge in [0.1, 0.15) is 18.2 Å². The van der Waals surface area contributed by atoms with Gasteiger partial charge in [0.15, 0.2) is 5.82 Å². The molecule has 108 valence electrons. The van der Waals surface area contributed by atoms with Gasteiger partial charge in [0.25, 0.3) is 0 Å². The third kappa shape index (κ3) is 6.49. The van der Waals surface area contributed by atoms with Crippen molar-refractivity contribution >= 4 is 22.4 Å². The molecule has 6 nitrogen and oxygen atoms in total. The van der Waals surface area contributed by atoms with Gasteiger partial charge >= 0.3 is 0 Å². The van der Waals surface area contributed by atoms with Gasteiger partial charge in [-0.1, -0.05) is 0 Å². The first kappa shape index (κ1) is 15.8. The van der Waals surface area contributed by atoms with Gasteiger partial charge in [0, 0.05) is 49.1 Å². The van der Waals surface area contributed by atoms with Crippen molar-refractivity contribution in [2.24, 2.45) is 0 Å². The summed E-state index contributed by atoms with van der Waals surface area (Å²) < 4.78 is 16.0. The molecule has 1 atom stereocenters. The molecule has 0 aliphatic rings. The first-order valence-electron chi connectivity index (χ1n) is 6.30. The Morgan fingerprint density at radius 3 is 2.58 bits per heavy atom. The van der Waals surface area contributed by atoms with E-state index in [9.17, 15) is 4.21 Å². The van der Waals surface area contributed by atoms with Crippen molar-refractivity contribution in [1.82, 2.24) is 9.97 Å². The molecule has 0 aromatic carbocycles. The summed E-state index contributed by atoms with van der Waals surface area (Å²) in [6.45, 7) is 3.95. The van der Waals surface area contributed by atoms with Crippen LogP contribution in [0, 0.1) is 0 Å². The van der Waals surface area contributed by atoms with Crippen LogP contribution in [0.1, 0.15) is 19.2 Å². The van der Waals surface area contributed by atoms with Gasteiger partial charge in [0.2, 0.25) is 0 Å². The van der Waals surface area contributed by atoms with Crippen LogP contribution in [0.15, 0.2) is 6.07 Å². The second-order valence-corrected chi connectivity index (χ2v) is 5.63. The zero-order valence-electron chi connectivity index (χ0n) is 11.7. The van der Waals surface area contributed by atoms with Crippen LogP contribution in [0.2, 0.25) is 0 Å². The van der Waals surface area contributed by atoms with E-state index in [0.717, 1.165) is 31.1 Å². The van der Waals surface area contributed by atoms with E-state index in [1.807, 2.05) is 13.0 Å². The van der Waals surface area contributed by atoms with Gasteiger partial charge in [-0.15, -0.1) is 0 Å². The Kier molecular flexibility index (Phi) is 7.35. The Morgan fingerprint density at radius 2 is 2.00 bits per heavy atom. The van der Waals surface area contributed by atoms with Crippen molar-refractivity contribution in [3.05, 3.63) is 11.9 Å². The van der Waals surface area contributed by atoms with Gasteiger partial charge in [-0.3, -0.25) is 4.21 Å². The third-order valence-corrected chi connectivity index (χ3v) is 3.18. The number of hydrogen-bond donors (Lipinski definition) is 2. The highest BCUT2D eigenvalue weighted by molar-refractivity contribution is 7.84. The number of ether oxygens (including phenoxy) is 1. The molecule has 1 aromatic rings. The monoisotopic (exact) mass is 286 g/mol. The Hall–Kier alpha value is -1.21. The molecule has 2 N–H and O–H groups in total. The molecule has 0 saturated carbocycles. The predicted octanol–water partition coefficient (Wildman–Crippen LogP) is 1.24. The van der Waals surface area contributed by atoms with Crippen LogP contribution in [0.25, 0.3) is 0 Å². The van der Waals surface area contributed by atoms with Gasteiger partial charge < -0.3 is 15.4 Å². The first-order valence-corrected chi connectivity index (χ1v) is 8.03. The standard InChI is InChI=1S/C12H22N4O2S/c1-4-13-10-8-11(14-6-5-7-19(3)17)16-12(15-10)9-18-2/h8H,4-7,9H2,1-3H3,(H2,13,14,15,16). The minimum atomic E-state index is -0.743. The number of nitrogens with one attached hydrogen (secondary N) is 2. The van der Waals surface area contributed by atoms with Crippen molar-refractivity contribution in [2.75, 3.05) is 42.8 Å². The molecule has 0 saturated heterocycles. The van der Waals surface area contributed by atoms with Crippen LogP contribution in [0.5, 0.6) is 0 Å². The molecule has 0 fully saturated rings. The summed E-state index contributed by atoms with van der Waals surface area (Å²) in [6, 6.07) is 1.87. The Bertz CT molecular complexity index is 390. The molecule has 0 radical (unpaired) electrons. The molecule has 1 rings (SSSR count). The van der Waals surface area contributed by atoms with Crippen molar-refractivity contribution in [3.8, 4) is 0 Å². The molecule has 1 unspecified atom stereocenters. The minimum absolute atomic E-state index is 0.382. The summed E-state index contributed by atoms with van der Waals surface area (Å²) in [5, 5.41) is 6.38. The maximum atomic E-state index is 11.0. The maximum Gasteiger partial charge on any atom is 0.158 e. The van der Waals surface area contributed by atoms with Crippen molar-refractivity contribution in [1.29, 1.82) is 0 Å². The lowest BCUT2D eigenvalue weighted by atomic mass is 10.4. The topological polar surface area (TPSA) is 76.1 Å². The average molecular weight is 286 g/mol. The smallest absolute Gasteiger partial charge is 0.158 e. The normalized spacial score (nSPS) is 12.2. The van der Waals surface area contributed by atoms with Gasteiger partial charge in [-0.25, -0.2) is 9.97 Å². The molecule has 0 amide bonds. The highest BCUT2D eigenvalue weighted by Gasteiger charge is 2.04. The molecule has 0 aliphatic heterocycles. The molecule has 1 heterocycles. The van der Waals surface area contributed by atoms with E-state index in [2.05, 4.69) is 20.6 Å². The zero-order chi connectivity index (χ0) is 14.1. The van der Waals surface area contributed by atoms with Gasteiger partial charge in [0.05, 0.1) is 0 Å². The molecular formula is C12H22N4O2S. The van der Waals surface area contributed by atoms with Crippen LogP contribution in [-0.4, -0.2) is 46.4 Å². The number of methoxy groups -OCH3 is 1. The highest BCUT2D eigenvalue weighted by atomic mass is 32.2. The number of rotatable bonds is 9. The second-order valence-electron chi connectivity index (χ2n) is 4.08. The van der Waals surface area contributed by atoms with E-state index in [4.69, 9.17) is 4.74 Å². The maximum absolute atomic E-state index is 11.0. The van der Waals surface area contributed by atoms with Crippen LogP contribution in [-0.2, 0) is 22.1 Å². The lowest BCUT2D eigenvalue weighted by Gasteiger charge is -2.10. The van der Waals surface area contributed by atoms with Crippen LogP contribution in [0.4, 0.5) is 11.6 Å². The predicted molar refractivity (Wildman–Crippen MR) is 78.9 cm³/mol. The SMILES string of the molecule is CCNc1cc(NCCCS(C)=O)nc(COC)n1. The lowest BCUT2D eigenvalue weighted by Crippen LogP contribution is -2.11. The average Bonchev–Trinajstić information content (AvgIpc) is 2.35.